The molecule has 2 N–H and O–H groups in total. The van der Waals surface area contributed by atoms with E-state index in [9.17, 15) is 21.6 Å². The van der Waals surface area contributed by atoms with E-state index in [1.807, 2.05) is 0 Å². The predicted octanol–water partition coefficient (Wildman–Crippen LogP) is 1.88. The minimum atomic E-state index is -4.47. The number of nitrogens with one attached hydrogen (secondary N) is 2. The highest BCUT2D eigenvalue weighted by Gasteiger charge is 2.30. The van der Waals surface area contributed by atoms with Crippen LogP contribution < -0.4 is 10.0 Å². The molecule has 8 heteroatoms. The van der Waals surface area contributed by atoms with Crippen molar-refractivity contribution in [3.05, 3.63) is 35.4 Å². The molecule has 0 aliphatic carbocycles. The predicted molar refractivity (Wildman–Crippen MR) is 73.1 cm³/mol. The Labute approximate surface area is 121 Å². The van der Waals surface area contributed by atoms with Gasteiger partial charge >= 0.3 is 6.18 Å². The number of hydrogen-bond acceptors (Lipinski definition) is 3. The first-order valence-corrected chi connectivity index (χ1v) is 8.28. The summed E-state index contributed by atoms with van der Waals surface area (Å²) in [5.74, 6) is -0.451. The summed E-state index contributed by atoms with van der Waals surface area (Å²) in [7, 11) is -3.65. The van der Waals surface area contributed by atoms with Gasteiger partial charge in [-0.15, -0.1) is 0 Å². The molecule has 1 aromatic carbocycles. The highest BCUT2D eigenvalue weighted by Crippen LogP contribution is 2.29. The quantitative estimate of drug-likeness (QED) is 0.890. The van der Waals surface area contributed by atoms with Gasteiger partial charge in [0.15, 0.2) is 0 Å². The van der Waals surface area contributed by atoms with E-state index in [1.54, 1.807) is 0 Å². The molecular formula is C13H17F3N2O2S. The second-order valence-corrected chi connectivity index (χ2v) is 6.87. The van der Waals surface area contributed by atoms with E-state index in [2.05, 4.69) is 10.0 Å². The Balaban J connectivity index is 2.06. The van der Waals surface area contributed by atoms with Gasteiger partial charge in [-0.2, -0.15) is 13.2 Å². The fourth-order valence-electron chi connectivity index (χ4n) is 2.30. The van der Waals surface area contributed by atoms with E-state index in [4.69, 9.17) is 0 Å². The molecule has 1 heterocycles. The van der Waals surface area contributed by atoms with E-state index < -0.39 is 27.5 Å². The molecule has 0 bridgehead atoms. The average molecular weight is 322 g/mol. The number of hydrogen-bond donors (Lipinski definition) is 2. The lowest BCUT2D eigenvalue weighted by molar-refractivity contribution is -0.137. The Bertz CT molecular complexity index is 581. The summed E-state index contributed by atoms with van der Waals surface area (Å²) in [6, 6.07) is 4.20. The van der Waals surface area contributed by atoms with Crippen LogP contribution in [0.3, 0.4) is 0 Å². The van der Waals surface area contributed by atoms with Crippen molar-refractivity contribution < 1.29 is 21.6 Å². The van der Waals surface area contributed by atoms with Gasteiger partial charge in [0.05, 0.1) is 11.3 Å². The highest BCUT2D eigenvalue weighted by molar-refractivity contribution is 7.88. The molecule has 1 saturated heterocycles. The van der Waals surface area contributed by atoms with Crippen LogP contribution in [0.4, 0.5) is 13.2 Å². The van der Waals surface area contributed by atoms with E-state index in [1.165, 1.54) is 12.1 Å². The molecule has 1 fully saturated rings. The first-order chi connectivity index (χ1) is 9.76. The van der Waals surface area contributed by atoms with Gasteiger partial charge in [0.25, 0.3) is 0 Å². The third kappa shape index (κ3) is 4.98. The lowest BCUT2D eigenvalue weighted by Gasteiger charge is -2.23. The van der Waals surface area contributed by atoms with Gasteiger partial charge in [0.2, 0.25) is 10.0 Å². The maximum absolute atomic E-state index is 12.6. The summed E-state index contributed by atoms with van der Waals surface area (Å²) >= 11 is 0. The maximum Gasteiger partial charge on any atom is 0.416 e. The van der Waals surface area contributed by atoms with E-state index in [0.717, 1.165) is 31.5 Å². The van der Waals surface area contributed by atoms with Crippen LogP contribution in [0.1, 0.15) is 24.0 Å². The molecule has 0 saturated carbocycles. The number of halogens is 3. The van der Waals surface area contributed by atoms with Crippen molar-refractivity contribution >= 4 is 10.0 Å². The number of sulfonamides is 1. The molecule has 1 aromatic rings. The topological polar surface area (TPSA) is 58.2 Å². The lowest BCUT2D eigenvalue weighted by Crippen LogP contribution is -2.45. The Kier molecular flexibility index (Phi) is 4.90. The van der Waals surface area contributed by atoms with E-state index >= 15 is 0 Å². The van der Waals surface area contributed by atoms with Crippen LogP contribution in [0.2, 0.25) is 0 Å². The smallest absolute Gasteiger partial charge is 0.315 e. The monoisotopic (exact) mass is 322 g/mol. The summed E-state index contributed by atoms with van der Waals surface area (Å²) in [6.45, 7) is 1.40. The fraction of sp³-hybridized carbons (Fsp3) is 0.538. The van der Waals surface area contributed by atoms with Crippen molar-refractivity contribution in [1.82, 2.24) is 10.0 Å². The summed E-state index contributed by atoms with van der Waals surface area (Å²) in [5, 5.41) is 3.07. The Morgan fingerprint density at radius 1 is 1.33 bits per heavy atom. The van der Waals surface area contributed by atoms with Crippen molar-refractivity contribution in [2.45, 2.75) is 30.8 Å². The van der Waals surface area contributed by atoms with Crippen LogP contribution in [0.25, 0.3) is 0 Å². The second kappa shape index (κ2) is 6.33. The van der Waals surface area contributed by atoms with Crippen molar-refractivity contribution in [1.29, 1.82) is 0 Å². The second-order valence-electron chi connectivity index (χ2n) is 5.12. The van der Waals surface area contributed by atoms with E-state index in [-0.39, 0.29) is 11.6 Å². The zero-order chi connectivity index (χ0) is 15.5. The van der Waals surface area contributed by atoms with Crippen LogP contribution in [-0.4, -0.2) is 27.5 Å². The number of alkyl halides is 3. The molecule has 0 spiro atoms. The van der Waals surface area contributed by atoms with Crippen LogP contribution in [0.15, 0.2) is 24.3 Å². The molecular weight excluding hydrogens is 305 g/mol. The third-order valence-electron chi connectivity index (χ3n) is 3.25. The third-order valence-corrected chi connectivity index (χ3v) is 4.66. The molecule has 0 radical (unpaired) electrons. The van der Waals surface area contributed by atoms with Crippen LogP contribution in [0.5, 0.6) is 0 Å². The molecule has 1 atom stereocenters. The summed E-state index contributed by atoms with van der Waals surface area (Å²) in [5.41, 5.74) is -0.712. The van der Waals surface area contributed by atoms with Gasteiger partial charge in [0, 0.05) is 12.6 Å². The standard InChI is InChI=1S/C13H17F3N2O2S/c14-13(15,16)11-4-1-3-10(7-11)9-21(19,20)18-12-5-2-6-17-8-12/h1,3-4,7,12,17-18H,2,5-6,8-9H2. The van der Waals surface area contributed by atoms with Gasteiger partial charge in [-0.05, 0) is 31.0 Å². The van der Waals surface area contributed by atoms with Gasteiger partial charge in [0.1, 0.15) is 0 Å². The van der Waals surface area contributed by atoms with Gasteiger partial charge in [-0.3, -0.25) is 0 Å². The Hall–Kier alpha value is -1.12. The van der Waals surface area contributed by atoms with Gasteiger partial charge in [-0.1, -0.05) is 18.2 Å². The molecule has 4 nitrogen and oxygen atoms in total. The molecule has 1 aliphatic rings. The van der Waals surface area contributed by atoms with Crippen LogP contribution in [0, 0.1) is 0 Å². The van der Waals surface area contributed by atoms with Crippen LogP contribution >= 0.6 is 0 Å². The van der Waals surface area contributed by atoms with Crippen molar-refractivity contribution in [2.24, 2.45) is 0 Å². The minimum absolute atomic E-state index is 0.126. The molecule has 2 rings (SSSR count). The van der Waals surface area contributed by atoms with E-state index in [0.29, 0.717) is 6.54 Å². The Morgan fingerprint density at radius 2 is 2.10 bits per heavy atom. The number of benzene rings is 1. The van der Waals surface area contributed by atoms with Gasteiger partial charge in [-0.25, -0.2) is 13.1 Å². The average Bonchev–Trinajstić information content (AvgIpc) is 2.38. The zero-order valence-electron chi connectivity index (χ0n) is 11.3. The van der Waals surface area contributed by atoms with Crippen molar-refractivity contribution in [3.63, 3.8) is 0 Å². The summed E-state index contributed by atoms with van der Waals surface area (Å²) in [4.78, 5) is 0. The maximum atomic E-state index is 12.6. The fourth-order valence-corrected chi connectivity index (χ4v) is 3.72. The van der Waals surface area contributed by atoms with Crippen molar-refractivity contribution in [2.75, 3.05) is 13.1 Å². The molecule has 0 amide bonds. The molecule has 1 aliphatic heterocycles. The minimum Gasteiger partial charge on any atom is -0.315 e. The Morgan fingerprint density at radius 3 is 2.71 bits per heavy atom. The molecule has 1 unspecified atom stereocenters. The van der Waals surface area contributed by atoms with Crippen molar-refractivity contribution in [3.8, 4) is 0 Å². The number of rotatable bonds is 4. The zero-order valence-corrected chi connectivity index (χ0v) is 12.1. The summed E-state index contributed by atoms with van der Waals surface area (Å²) in [6.07, 6.45) is -2.87. The van der Waals surface area contributed by atoms with Crippen LogP contribution in [-0.2, 0) is 22.0 Å². The largest absolute Gasteiger partial charge is 0.416 e. The summed E-state index contributed by atoms with van der Waals surface area (Å²) < 4.78 is 64.3. The first-order valence-electron chi connectivity index (χ1n) is 6.63. The molecule has 0 aromatic heterocycles. The molecule has 21 heavy (non-hydrogen) atoms. The lowest BCUT2D eigenvalue weighted by atomic mass is 10.1. The normalized spacial score (nSPS) is 20.4. The highest BCUT2D eigenvalue weighted by atomic mass is 32.2. The number of piperidine rings is 1. The van der Waals surface area contributed by atoms with Gasteiger partial charge < -0.3 is 5.32 Å². The SMILES string of the molecule is O=S(=O)(Cc1cccc(C(F)(F)F)c1)NC1CCCNC1. The first kappa shape index (κ1) is 16.3. The molecule has 118 valence electrons.